The van der Waals surface area contributed by atoms with Gasteiger partial charge in [0.1, 0.15) is 0 Å². The Labute approximate surface area is 226 Å². The van der Waals surface area contributed by atoms with E-state index in [1.54, 1.807) is 25.6 Å². The van der Waals surface area contributed by atoms with Gasteiger partial charge in [-0.3, -0.25) is 4.72 Å². The third kappa shape index (κ3) is 6.52. The first-order valence-corrected chi connectivity index (χ1v) is 13.7. The number of para-hydroxylation sites is 2. The standard InChI is InChI=1S/C29H33N5O3S/c1-6-7-11-22-25(37-24-13-9-8-12-23(24)36-5)26(33-28(32-22)27-30-18-10-19-31-27)34-38(35)21-16-14-20(15-17-21)29(2,3)4/h8-10,12-19H,6-7,11H2,1-5H3,(H,32,33,34). The predicted molar refractivity (Wildman–Crippen MR) is 150 cm³/mol. The molecule has 0 spiro atoms. The Bertz CT molecular complexity index is 1390. The van der Waals surface area contributed by atoms with Gasteiger partial charge in [-0.15, -0.1) is 0 Å². The molecule has 1 unspecified atom stereocenters. The summed E-state index contributed by atoms with van der Waals surface area (Å²) in [6.07, 6.45) is 5.75. The number of benzene rings is 2. The van der Waals surface area contributed by atoms with Crippen LogP contribution < -0.4 is 14.2 Å². The molecule has 0 amide bonds. The van der Waals surface area contributed by atoms with Gasteiger partial charge in [-0.1, -0.05) is 58.4 Å². The first-order valence-electron chi connectivity index (χ1n) is 12.6. The van der Waals surface area contributed by atoms with Crippen LogP contribution in [0.2, 0.25) is 0 Å². The number of aromatic nitrogens is 4. The highest BCUT2D eigenvalue weighted by atomic mass is 32.2. The van der Waals surface area contributed by atoms with Gasteiger partial charge in [0.2, 0.25) is 0 Å². The molecule has 198 valence electrons. The highest BCUT2D eigenvalue weighted by molar-refractivity contribution is 7.86. The first-order chi connectivity index (χ1) is 18.3. The van der Waals surface area contributed by atoms with Crippen molar-refractivity contribution in [2.24, 2.45) is 0 Å². The van der Waals surface area contributed by atoms with Crippen LogP contribution in [-0.2, 0) is 22.8 Å². The molecule has 0 saturated carbocycles. The van der Waals surface area contributed by atoms with Crippen LogP contribution >= 0.6 is 0 Å². The molecule has 0 aliphatic carbocycles. The van der Waals surface area contributed by atoms with E-state index in [2.05, 4.69) is 47.4 Å². The normalized spacial score (nSPS) is 12.1. The number of methoxy groups -OCH3 is 1. The van der Waals surface area contributed by atoms with E-state index in [-0.39, 0.29) is 11.2 Å². The number of hydrogen-bond acceptors (Lipinski definition) is 7. The Morgan fingerprint density at radius 2 is 1.58 bits per heavy atom. The monoisotopic (exact) mass is 531 g/mol. The van der Waals surface area contributed by atoms with E-state index < -0.39 is 11.0 Å². The highest BCUT2D eigenvalue weighted by Gasteiger charge is 2.22. The fourth-order valence-corrected chi connectivity index (χ4v) is 4.56. The average molecular weight is 532 g/mol. The number of nitrogens with zero attached hydrogens (tertiary/aromatic N) is 4. The fraction of sp³-hybridized carbons (Fsp3) is 0.310. The smallest absolute Gasteiger partial charge is 0.200 e. The Hall–Kier alpha value is -3.85. The van der Waals surface area contributed by atoms with Crippen molar-refractivity contribution in [1.29, 1.82) is 0 Å². The maximum atomic E-state index is 13.5. The van der Waals surface area contributed by atoms with Gasteiger partial charge in [0.05, 0.1) is 17.7 Å². The molecular formula is C29H33N5O3S. The van der Waals surface area contributed by atoms with E-state index in [1.165, 1.54) is 0 Å². The lowest BCUT2D eigenvalue weighted by molar-refractivity contribution is 0.377. The molecular weight excluding hydrogens is 498 g/mol. The fourth-order valence-electron chi connectivity index (χ4n) is 3.74. The Morgan fingerprint density at radius 3 is 2.21 bits per heavy atom. The van der Waals surface area contributed by atoms with Crippen LogP contribution in [0.4, 0.5) is 5.82 Å². The van der Waals surface area contributed by atoms with Crippen molar-refractivity contribution in [3.63, 3.8) is 0 Å². The van der Waals surface area contributed by atoms with Crippen molar-refractivity contribution in [3.05, 3.63) is 78.2 Å². The molecule has 0 saturated heterocycles. The minimum atomic E-state index is -1.62. The number of unbranched alkanes of at least 4 members (excludes halogenated alkanes) is 1. The molecule has 1 N–H and O–H groups in total. The molecule has 8 nitrogen and oxygen atoms in total. The molecule has 4 aromatic rings. The van der Waals surface area contributed by atoms with Crippen molar-refractivity contribution in [2.45, 2.75) is 57.3 Å². The molecule has 0 aliphatic heterocycles. The van der Waals surface area contributed by atoms with Crippen LogP contribution in [0.25, 0.3) is 11.6 Å². The maximum Gasteiger partial charge on any atom is 0.200 e. The van der Waals surface area contributed by atoms with E-state index >= 15 is 0 Å². The topological polar surface area (TPSA) is 99.1 Å². The number of ether oxygens (including phenoxy) is 2. The Kier molecular flexibility index (Phi) is 8.68. The quantitative estimate of drug-likeness (QED) is 0.249. The van der Waals surface area contributed by atoms with E-state index in [9.17, 15) is 4.21 Å². The van der Waals surface area contributed by atoms with Gasteiger partial charge in [-0.25, -0.2) is 24.1 Å². The second kappa shape index (κ2) is 12.1. The second-order valence-electron chi connectivity index (χ2n) is 9.75. The lowest BCUT2D eigenvalue weighted by Crippen LogP contribution is -2.13. The summed E-state index contributed by atoms with van der Waals surface area (Å²) < 4.78 is 28.4. The predicted octanol–water partition coefficient (Wildman–Crippen LogP) is 6.51. The third-order valence-corrected chi connectivity index (χ3v) is 6.95. The number of anilines is 1. The molecule has 2 aromatic heterocycles. The summed E-state index contributed by atoms with van der Waals surface area (Å²) in [5, 5.41) is 0. The second-order valence-corrected chi connectivity index (χ2v) is 11.0. The van der Waals surface area contributed by atoms with Gasteiger partial charge < -0.3 is 9.47 Å². The van der Waals surface area contributed by atoms with Gasteiger partial charge in [0.25, 0.3) is 0 Å². The van der Waals surface area contributed by atoms with E-state index in [0.717, 1.165) is 18.4 Å². The molecule has 2 aromatic carbocycles. The summed E-state index contributed by atoms with van der Waals surface area (Å²) in [6.45, 7) is 8.54. The van der Waals surface area contributed by atoms with Crippen LogP contribution in [0.15, 0.2) is 71.9 Å². The van der Waals surface area contributed by atoms with Crippen LogP contribution in [0.5, 0.6) is 17.2 Å². The summed E-state index contributed by atoms with van der Waals surface area (Å²) in [7, 11) is -0.0305. The maximum absolute atomic E-state index is 13.5. The Morgan fingerprint density at radius 1 is 0.895 bits per heavy atom. The molecule has 2 heterocycles. The summed E-state index contributed by atoms with van der Waals surface area (Å²) in [6, 6.07) is 16.8. The lowest BCUT2D eigenvalue weighted by atomic mass is 9.87. The molecule has 9 heteroatoms. The average Bonchev–Trinajstić information content (AvgIpc) is 2.93. The highest BCUT2D eigenvalue weighted by Crippen LogP contribution is 2.38. The minimum absolute atomic E-state index is 0.00534. The number of nitrogens with one attached hydrogen (secondary N) is 1. The van der Waals surface area contributed by atoms with Crippen molar-refractivity contribution < 1.29 is 13.7 Å². The van der Waals surface area contributed by atoms with Crippen molar-refractivity contribution >= 4 is 16.8 Å². The zero-order valence-corrected chi connectivity index (χ0v) is 23.2. The zero-order valence-electron chi connectivity index (χ0n) is 22.4. The van der Waals surface area contributed by atoms with Gasteiger partial charge in [-0.05, 0) is 54.2 Å². The van der Waals surface area contributed by atoms with Gasteiger partial charge in [0, 0.05) is 12.4 Å². The van der Waals surface area contributed by atoms with Crippen LogP contribution in [0.3, 0.4) is 0 Å². The molecule has 0 aliphatic rings. The molecule has 0 bridgehead atoms. The van der Waals surface area contributed by atoms with Gasteiger partial charge in [0.15, 0.2) is 45.7 Å². The summed E-state index contributed by atoms with van der Waals surface area (Å²) in [4.78, 5) is 18.7. The molecule has 0 fully saturated rings. The molecule has 0 radical (unpaired) electrons. The van der Waals surface area contributed by atoms with Crippen molar-refractivity contribution in [3.8, 4) is 28.9 Å². The number of hydrogen-bond donors (Lipinski definition) is 1. The first kappa shape index (κ1) is 27.2. The molecule has 4 rings (SSSR count). The number of rotatable bonds is 10. The summed E-state index contributed by atoms with van der Waals surface area (Å²) in [5.41, 5.74) is 1.82. The Balaban J connectivity index is 1.80. The molecule has 38 heavy (non-hydrogen) atoms. The van der Waals surface area contributed by atoms with E-state index in [0.29, 0.717) is 45.9 Å². The van der Waals surface area contributed by atoms with Crippen LogP contribution in [-0.4, -0.2) is 31.3 Å². The van der Waals surface area contributed by atoms with E-state index in [1.807, 2.05) is 48.5 Å². The van der Waals surface area contributed by atoms with Gasteiger partial charge >= 0.3 is 0 Å². The van der Waals surface area contributed by atoms with Crippen molar-refractivity contribution in [2.75, 3.05) is 11.8 Å². The SMILES string of the molecule is CCCCc1nc(-c2ncccn2)nc(NS(=O)c2ccc(C(C)(C)C)cc2)c1Oc1ccccc1OC. The molecule has 1 atom stereocenters. The zero-order chi connectivity index (χ0) is 27.1. The lowest BCUT2D eigenvalue weighted by Gasteiger charge is -2.19. The number of aryl methyl sites for hydroxylation is 1. The third-order valence-electron chi connectivity index (χ3n) is 5.87. The minimum Gasteiger partial charge on any atom is -0.493 e. The summed E-state index contributed by atoms with van der Waals surface area (Å²) in [5.74, 6) is 2.45. The van der Waals surface area contributed by atoms with Gasteiger partial charge in [-0.2, -0.15) is 0 Å². The van der Waals surface area contributed by atoms with Crippen molar-refractivity contribution in [1.82, 2.24) is 19.9 Å². The van der Waals surface area contributed by atoms with E-state index in [4.69, 9.17) is 14.5 Å². The summed E-state index contributed by atoms with van der Waals surface area (Å²) >= 11 is 0. The van der Waals surface area contributed by atoms with Crippen LogP contribution in [0, 0.1) is 0 Å². The largest absolute Gasteiger partial charge is 0.493 e. The van der Waals surface area contributed by atoms with Crippen LogP contribution in [0.1, 0.15) is 51.8 Å².